The van der Waals surface area contributed by atoms with E-state index in [1.165, 1.54) is 16.9 Å². The molecule has 0 aliphatic rings. The number of hydrogen-bond donors (Lipinski definition) is 1. The molecule has 0 spiro atoms. The van der Waals surface area contributed by atoms with E-state index in [-0.39, 0.29) is 12.4 Å². The van der Waals surface area contributed by atoms with E-state index in [2.05, 4.69) is 15.1 Å². The van der Waals surface area contributed by atoms with Gasteiger partial charge in [0.1, 0.15) is 5.52 Å². The third kappa shape index (κ3) is 2.64. The maximum absolute atomic E-state index is 12.3. The molecular weight excluding hydrogens is 300 g/mol. The van der Waals surface area contributed by atoms with E-state index in [9.17, 15) is 8.78 Å². The number of nitrogens with two attached hydrogens (primary N) is 1. The number of alkyl halides is 2. The number of aromatic nitrogens is 4. The largest absolute Gasteiger partial charge is 0.367 e. The first-order valence-electron chi connectivity index (χ1n) is 6.08. The molecule has 21 heavy (non-hydrogen) atoms. The fourth-order valence-corrected chi connectivity index (χ4v) is 2.26. The first-order chi connectivity index (χ1) is 10.0. The van der Waals surface area contributed by atoms with Crippen molar-refractivity contribution in [1.29, 1.82) is 0 Å². The first kappa shape index (κ1) is 13.7. The standard InChI is InChI=1S/C13H10ClF2N5/c14-8-4-10(21-11(8)6-19-13(17)20-21)9-2-1-7(5-18-9)3-12(15)16/h1-2,4-6,12H,3H2,(H2,17,20). The lowest BCUT2D eigenvalue weighted by Crippen LogP contribution is -2.02. The Morgan fingerprint density at radius 1 is 1.24 bits per heavy atom. The smallest absolute Gasteiger partial charge is 0.242 e. The van der Waals surface area contributed by atoms with Crippen LogP contribution in [0.15, 0.2) is 30.6 Å². The highest BCUT2D eigenvalue weighted by molar-refractivity contribution is 6.34. The molecule has 0 aromatic carbocycles. The van der Waals surface area contributed by atoms with Crippen molar-refractivity contribution in [3.63, 3.8) is 0 Å². The topological polar surface area (TPSA) is 69.1 Å². The van der Waals surface area contributed by atoms with Gasteiger partial charge in [-0.3, -0.25) is 4.98 Å². The minimum atomic E-state index is -2.39. The normalized spacial score (nSPS) is 11.4. The third-order valence-corrected chi connectivity index (χ3v) is 3.27. The van der Waals surface area contributed by atoms with Crippen LogP contribution in [0.3, 0.4) is 0 Å². The second kappa shape index (κ2) is 5.25. The van der Waals surface area contributed by atoms with Crippen molar-refractivity contribution < 1.29 is 8.78 Å². The second-order valence-electron chi connectivity index (χ2n) is 4.44. The van der Waals surface area contributed by atoms with E-state index in [1.807, 2.05) is 0 Å². The van der Waals surface area contributed by atoms with E-state index in [0.29, 0.717) is 27.5 Å². The predicted octanol–water partition coefficient (Wildman–Crippen LogP) is 2.83. The van der Waals surface area contributed by atoms with Gasteiger partial charge in [0.25, 0.3) is 0 Å². The predicted molar refractivity (Wildman–Crippen MR) is 75.3 cm³/mol. The van der Waals surface area contributed by atoms with Gasteiger partial charge in [-0.2, -0.15) is 0 Å². The van der Waals surface area contributed by atoms with Gasteiger partial charge in [0.05, 0.1) is 22.6 Å². The molecule has 5 nitrogen and oxygen atoms in total. The zero-order chi connectivity index (χ0) is 15.0. The fraction of sp³-hybridized carbons (Fsp3) is 0.154. The van der Waals surface area contributed by atoms with E-state index >= 15 is 0 Å². The highest BCUT2D eigenvalue weighted by Crippen LogP contribution is 2.27. The van der Waals surface area contributed by atoms with Crippen LogP contribution < -0.4 is 5.73 Å². The molecule has 0 atom stereocenters. The van der Waals surface area contributed by atoms with E-state index < -0.39 is 6.43 Å². The van der Waals surface area contributed by atoms with Crippen molar-refractivity contribution in [3.05, 3.63) is 41.2 Å². The molecule has 0 aliphatic carbocycles. The quantitative estimate of drug-likeness (QED) is 0.807. The number of pyridine rings is 1. The Balaban J connectivity index is 2.06. The highest BCUT2D eigenvalue weighted by Gasteiger charge is 2.13. The summed E-state index contributed by atoms with van der Waals surface area (Å²) in [7, 11) is 0. The Labute approximate surface area is 123 Å². The number of rotatable bonds is 3. The molecule has 108 valence electrons. The average molecular weight is 310 g/mol. The van der Waals surface area contributed by atoms with Crippen LogP contribution in [0.25, 0.3) is 16.9 Å². The van der Waals surface area contributed by atoms with Crippen LogP contribution in [0.5, 0.6) is 0 Å². The van der Waals surface area contributed by atoms with Crippen molar-refractivity contribution in [2.24, 2.45) is 0 Å². The SMILES string of the molecule is Nc1ncc2c(Cl)cc(-c3ccc(CC(F)F)cn3)n2n1. The van der Waals surface area contributed by atoms with Gasteiger partial charge >= 0.3 is 0 Å². The summed E-state index contributed by atoms with van der Waals surface area (Å²) in [6, 6.07) is 4.93. The molecule has 0 amide bonds. The summed E-state index contributed by atoms with van der Waals surface area (Å²) in [5, 5.41) is 4.54. The van der Waals surface area contributed by atoms with Crippen LogP contribution in [0.4, 0.5) is 14.7 Å². The first-order valence-corrected chi connectivity index (χ1v) is 6.45. The van der Waals surface area contributed by atoms with Crippen molar-refractivity contribution in [3.8, 4) is 11.4 Å². The zero-order valence-corrected chi connectivity index (χ0v) is 11.4. The molecule has 0 aliphatic heterocycles. The monoisotopic (exact) mass is 309 g/mol. The van der Waals surface area contributed by atoms with Gasteiger partial charge in [0, 0.05) is 12.6 Å². The number of fused-ring (bicyclic) bond motifs is 1. The molecule has 0 fully saturated rings. The summed E-state index contributed by atoms with van der Waals surface area (Å²) < 4.78 is 26.2. The van der Waals surface area contributed by atoms with Crippen molar-refractivity contribution >= 4 is 23.1 Å². The molecule has 3 heterocycles. The third-order valence-electron chi connectivity index (χ3n) is 2.96. The summed E-state index contributed by atoms with van der Waals surface area (Å²) in [5.74, 6) is 0.102. The number of hydrogen-bond acceptors (Lipinski definition) is 4. The van der Waals surface area contributed by atoms with Crippen LogP contribution >= 0.6 is 11.6 Å². The minimum Gasteiger partial charge on any atom is -0.367 e. The van der Waals surface area contributed by atoms with Crippen molar-refractivity contribution in [2.45, 2.75) is 12.8 Å². The second-order valence-corrected chi connectivity index (χ2v) is 4.85. The summed E-state index contributed by atoms with van der Waals surface area (Å²) >= 11 is 6.11. The maximum Gasteiger partial charge on any atom is 0.242 e. The molecule has 0 unspecified atom stereocenters. The summed E-state index contributed by atoms with van der Waals surface area (Å²) in [6.07, 6.45) is 0.213. The average Bonchev–Trinajstić information content (AvgIpc) is 2.76. The number of anilines is 1. The summed E-state index contributed by atoms with van der Waals surface area (Å²) in [6.45, 7) is 0. The Bertz CT molecular complexity index is 785. The number of nitrogen functional groups attached to an aromatic ring is 1. The molecule has 3 aromatic rings. The van der Waals surface area contributed by atoms with Gasteiger partial charge in [-0.1, -0.05) is 17.7 Å². The van der Waals surface area contributed by atoms with Gasteiger partial charge in [-0.05, 0) is 17.7 Å². The Morgan fingerprint density at radius 2 is 2.05 bits per heavy atom. The van der Waals surface area contributed by atoms with E-state index in [1.54, 1.807) is 18.2 Å². The number of halogens is 3. The number of nitrogens with zero attached hydrogens (tertiary/aromatic N) is 4. The lowest BCUT2D eigenvalue weighted by Gasteiger charge is -2.04. The molecule has 0 radical (unpaired) electrons. The van der Waals surface area contributed by atoms with E-state index in [0.717, 1.165) is 0 Å². The molecule has 8 heteroatoms. The van der Waals surface area contributed by atoms with E-state index in [4.69, 9.17) is 17.3 Å². The van der Waals surface area contributed by atoms with Crippen LogP contribution in [0.2, 0.25) is 5.02 Å². The summed E-state index contributed by atoms with van der Waals surface area (Å²) in [4.78, 5) is 8.06. The fourth-order valence-electron chi connectivity index (χ4n) is 2.02. The minimum absolute atomic E-state index is 0.102. The molecule has 0 saturated carbocycles. The summed E-state index contributed by atoms with van der Waals surface area (Å²) in [5.41, 5.74) is 7.81. The van der Waals surface area contributed by atoms with Gasteiger partial charge in [0.15, 0.2) is 0 Å². The zero-order valence-electron chi connectivity index (χ0n) is 10.7. The molecule has 3 rings (SSSR count). The molecular formula is C13H10ClF2N5. The van der Waals surface area contributed by atoms with Crippen LogP contribution in [0.1, 0.15) is 5.56 Å². The highest BCUT2D eigenvalue weighted by atomic mass is 35.5. The van der Waals surface area contributed by atoms with Crippen LogP contribution in [0, 0.1) is 0 Å². The molecule has 0 saturated heterocycles. The lowest BCUT2D eigenvalue weighted by molar-refractivity contribution is 0.149. The Kier molecular flexibility index (Phi) is 3.42. The molecule has 0 bridgehead atoms. The van der Waals surface area contributed by atoms with Gasteiger partial charge in [-0.25, -0.2) is 18.3 Å². The lowest BCUT2D eigenvalue weighted by atomic mass is 10.2. The molecule has 2 N–H and O–H groups in total. The van der Waals surface area contributed by atoms with Gasteiger partial charge < -0.3 is 5.73 Å². The van der Waals surface area contributed by atoms with Crippen molar-refractivity contribution in [2.75, 3.05) is 5.73 Å². The van der Waals surface area contributed by atoms with Crippen LogP contribution in [-0.4, -0.2) is 26.0 Å². The Hall–Kier alpha value is -2.28. The van der Waals surface area contributed by atoms with Gasteiger partial charge in [0.2, 0.25) is 12.4 Å². The van der Waals surface area contributed by atoms with Crippen molar-refractivity contribution in [1.82, 2.24) is 19.6 Å². The maximum atomic E-state index is 12.3. The van der Waals surface area contributed by atoms with Gasteiger partial charge in [-0.15, -0.1) is 5.10 Å². The van der Waals surface area contributed by atoms with Crippen LogP contribution in [-0.2, 0) is 6.42 Å². The Morgan fingerprint density at radius 3 is 2.71 bits per heavy atom. The molecule has 3 aromatic heterocycles.